The van der Waals surface area contributed by atoms with Crippen LogP contribution in [-0.2, 0) is 13.0 Å². The summed E-state index contributed by atoms with van der Waals surface area (Å²) >= 11 is 0. The van der Waals surface area contributed by atoms with Crippen molar-refractivity contribution in [1.29, 1.82) is 0 Å². The van der Waals surface area contributed by atoms with Gasteiger partial charge in [-0.1, -0.05) is 11.6 Å². The van der Waals surface area contributed by atoms with Gasteiger partial charge in [0.05, 0.1) is 5.69 Å². The highest BCUT2D eigenvalue weighted by Gasteiger charge is 2.03. The molecule has 0 unspecified atom stereocenters. The van der Waals surface area contributed by atoms with E-state index in [1.165, 1.54) is 19.3 Å². The first kappa shape index (κ1) is 5.89. The molecule has 0 radical (unpaired) electrons. The van der Waals surface area contributed by atoms with Crippen molar-refractivity contribution in [3.63, 3.8) is 0 Å². The van der Waals surface area contributed by atoms with Gasteiger partial charge in [-0.2, -0.15) is 0 Å². The van der Waals surface area contributed by atoms with Gasteiger partial charge in [0.15, 0.2) is 0 Å². The zero-order chi connectivity index (χ0) is 6.81. The lowest BCUT2D eigenvalue weighted by Crippen LogP contribution is -2.00. The molecule has 10 heavy (non-hydrogen) atoms. The predicted octanol–water partition coefficient (Wildman–Crippen LogP) is 1.00. The van der Waals surface area contributed by atoms with Crippen LogP contribution in [0.15, 0.2) is 6.20 Å². The Kier molecular flexibility index (Phi) is 1.42. The van der Waals surface area contributed by atoms with E-state index in [9.17, 15) is 0 Å². The second-order valence-corrected chi connectivity index (χ2v) is 2.78. The summed E-state index contributed by atoms with van der Waals surface area (Å²) < 4.78 is 1.94. The highest BCUT2D eigenvalue weighted by Crippen LogP contribution is 2.08. The molecule has 1 aliphatic heterocycles. The fraction of sp³-hybridized carbons (Fsp3) is 0.714. The van der Waals surface area contributed by atoms with Crippen molar-refractivity contribution in [3.8, 4) is 0 Å². The molecule has 3 heteroatoms. The van der Waals surface area contributed by atoms with E-state index in [-0.39, 0.29) is 0 Å². The van der Waals surface area contributed by atoms with Crippen molar-refractivity contribution in [2.24, 2.45) is 0 Å². The van der Waals surface area contributed by atoms with Crippen LogP contribution in [0.3, 0.4) is 0 Å². The lowest BCUT2D eigenvalue weighted by atomic mass is 10.1. The maximum absolute atomic E-state index is 4.03. The van der Waals surface area contributed by atoms with Gasteiger partial charge in [0.2, 0.25) is 0 Å². The summed E-state index contributed by atoms with van der Waals surface area (Å²) in [5.41, 5.74) is 1.15. The Morgan fingerprint density at radius 3 is 3.30 bits per heavy atom. The van der Waals surface area contributed by atoms with Gasteiger partial charge in [0.25, 0.3) is 0 Å². The van der Waals surface area contributed by atoms with Crippen molar-refractivity contribution in [2.75, 3.05) is 0 Å². The van der Waals surface area contributed by atoms with Crippen LogP contribution in [0.25, 0.3) is 0 Å². The molecular formula is C7H11N3. The van der Waals surface area contributed by atoms with E-state index in [0.717, 1.165) is 18.7 Å². The molecule has 0 atom stereocenters. The first-order valence-electron chi connectivity index (χ1n) is 3.84. The first-order valence-corrected chi connectivity index (χ1v) is 3.84. The van der Waals surface area contributed by atoms with Gasteiger partial charge < -0.3 is 0 Å². The van der Waals surface area contributed by atoms with Crippen LogP contribution in [0.2, 0.25) is 0 Å². The quantitative estimate of drug-likeness (QED) is 0.534. The van der Waals surface area contributed by atoms with Crippen LogP contribution in [0.4, 0.5) is 0 Å². The van der Waals surface area contributed by atoms with Gasteiger partial charge in [0.1, 0.15) is 0 Å². The summed E-state index contributed by atoms with van der Waals surface area (Å²) in [6.07, 6.45) is 7.01. The molecule has 2 heterocycles. The number of rotatable bonds is 0. The average Bonchev–Trinajstić information content (AvgIpc) is 2.30. The first-order chi connectivity index (χ1) is 4.95. The zero-order valence-corrected chi connectivity index (χ0v) is 5.95. The largest absolute Gasteiger partial charge is 0.252 e. The molecule has 0 N–H and O–H groups in total. The van der Waals surface area contributed by atoms with E-state index in [0.29, 0.717) is 0 Å². The summed E-state index contributed by atoms with van der Waals surface area (Å²) in [6.45, 7) is 1.05. The third-order valence-electron chi connectivity index (χ3n) is 1.91. The Morgan fingerprint density at radius 1 is 1.30 bits per heavy atom. The molecule has 0 aromatic carbocycles. The molecule has 2 rings (SSSR count). The summed E-state index contributed by atoms with van der Waals surface area (Å²) in [5, 5.41) is 8.01. The summed E-state index contributed by atoms with van der Waals surface area (Å²) in [7, 11) is 0. The van der Waals surface area contributed by atoms with Crippen molar-refractivity contribution in [3.05, 3.63) is 11.9 Å². The van der Waals surface area contributed by atoms with E-state index < -0.39 is 0 Å². The number of nitrogens with zero attached hydrogens (tertiary/aromatic N) is 3. The van der Waals surface area contributed by atoms with Crippen LogP contribution in [0.1, 0.15) is 25.0 Å². The normalized spacial score (nSPS) is 18.0. The van der Waals surface area contributed by atoms with Crippen LogP contribution in [-0.4, -0.2) is 15.0 Å². The van der Waals surface area contributed by atoms with E-state index in [2.05, 4.69) is 16.5 Å². The SMILES string of the molecule is c1c2nnn1CCCCC2. The van der Waals surface area contributed by atoms with Crippen molar-refractivity contribution in [1.82, 2.24) is 15.0 Å². The van der Waals surface area contributed by atoms with Crippen LogP contribution >= 0.6 is 0 Å². The Morgan fingerprint density at radius 2 is 2.30 bits per heavy atom. The van der Waals surface area contributed by atoms with Crippen LogP contribution in [0, 0.1) is 0 Å². The third-order valence-corrected chi connectivity index (χ3v) is 1.91. The molecule has 0 saturated heterocycles. The molecular weight excluding hydrogens is 126 g/mol. The monoisotopic (exact) mass is 137 g/mol. The van der Waals surface area contributed by atoms with Gasteiger partial charge >= 0.3 is 0 Å². The highest BCUT2D eigenvalue weighted by atomic mass is 15.4. The number of fused-ring (bicyclic) bond motifs is 2. The molecule has 3 nitrogen and oxygen atoms in total. The third kappa shape index (κ3) is 1.03. The molecule has 0 spiro atoms. The summed E-state index contributed by atoms with van der Waals surface area (Å²) in [6, 6.07) is 0. The smallest absolute Gasteiger partial charge is 0.0827 e. The summed E-state index contributed by atoms with van der Waals surface area (Å²) in [4.78, 5) is 0. The maximum Gasteiger partial charge on any atom is 0.0827 e. The van der Waals surface area contributed by atoms with E-state index in [4.69, 9.17) is 0 Å². The Bertz CT molecular complexity index is 196. The second kappa shape index (κ2) is 2.40. The van der Waals surface area contributed by atoms with Gasteiger partial charge in [0, 0.05) is 12.7 Å². The minimum absolute atomic E-state index is 1.05. The van der Waals surface area contributed by atoms with E-state index >= 15 is 0 Å². The van der Waals surface area contributed by atoms with Crippen molar-refractivity contribution in [2.45, 2.75) is 32.2 Å². The van der Waals surface area contributed by atoms with Crippen molar-refractivity contribution < 1.29 is 0 Å². The van der Waals surface area contributed by atoms with Gasteiger partial charge in [-0.05, 0) is 19.3 Å². The van der Waals surface area contributed by atoms with Gasteiger partial charge in [-0.25, -0.2) is 0 Å². The zero-order valence-electron chi connectivity index (χ0n) is 5.95. The van der Waals surface area contributed by atoms with Crippen LogP contribution < -0.4 is 0 Å². The Hall–Kier alpha value is -0.860. The fourth-order valence-electron chi connectivity index (χ4n) is 1.32. The molecule has 1 aliphatic rings. The highest BCUT2D eigenvalue weighted by molar-refractivity contribution is 4.92. The fourth-order valence-corrected chi connectivity index (χ4v) is 1.32. The number of aromatic nitrogens is 3. The second-order valence-electron chi connectivity index (χ2n) is 2.78. The van der Waals surface area contributed by atoms with Crippen LogP contribution in [0.5, 0.6) is 0 Å². The minimum atomic E-state index is 1.05. The lowest BCUT2D eigenvalue weighted by Gasteiger charge is -2.01. The minimum Gasteiger partial charge on any atom is -0.252 e. The summed E-state index contributed by atoms with van der Waals surface area (Å²) in [5.74, 6) is 0. The number of aryl methyl sites for hydroxylation is 2. The lowest BCUT2D eigenvalue weighted by molar-refractivity contribution is 0.530. The van der Waals surface area contributed by atoms with E-state index in [1.807, 2.05) is 4.68 Å². The standard InChI is InChI=1S/C7H11N3/c1-2-4-7-6-10(5-3-1)9-8-7/h6H,1-5H2. The maximum atomic E-state index is 4.03. The van der Waals surface area contributed by atoms with Crippen molar-refractivity contribution >= 4 is 0 Å². The Labute approximate surface area is 60.0 Å². The topological polar surface area (TPSA) is 30.7 Å². The molecule has 1 aromatic rings. The number of hydrogen-bond donors (Lipinski definition) is 0. The number of hydrogen-bond acceptors (Lipinski definition) is 2. The molecule has 1 aromatic heterocycles. The van der Waals surface area contributed by atoms with Gasteiger partial charge in [-0.15, -0.1) is 5.10 Å². The molecule has 0 aliphatic carbocycles. The van der Waals surface area contributed by atoms with Gasteiger partial charge in [-0.3, -0.25) is 4.68 Å². The average molecular weight is 137 g/mol. The predicted molar refractivity (Wildman–Crippen MR) is 37.6 cm³/mol. The molecule has 0 saturated carbocycles. The molecule has 0 fully saturated rings. The molecule has 54 valence electrons. The Balaban J connectivity index is 2.25. The molecule has 2 bridgehead atoms. The van der Waals surface area contributed by atoms with E-state index in [1.54, 1.807) is 0 Å². The molecule has 0 amide bonds.